The number of methoxy groups -OCH3 is 3. The van der Waals surface area contributed by atoms with Crippen molar-refractivity contribution in [3.63, 3.8) is 0 Å². The van der Waals surface area contributed by atoms with Gasteiger partial charge in [0.25, 0.3) is 5.91 Å². The van der Waals surface area contributed by atoms with E-state index in [1.165, 1.54) is 21.3 Å². The fourth-order valence-electron chi connectivity index (χ4n) is 2.60. The van der Waals surface area contributed by atoms with Crippen molar-refractivity contribution in [2.45, 2.75) is 33.2 Å². The molecule has 1 unspecified atom stereocenters. The predicted molar refractivity (Wildman–Crippen MR) is 94.8 cm³/mol. The molecule has 0 spiro atoms. The van der Waals surface area contributed by atoms with E-state index < -0.39 is 0 Å². The van der Waals surface area contributed by atoms with Gasteiger partial charge >= 0.3 is 0 Å². The van der Waals surface area contributed by atoms with Gasteiger partial charge in [0.1, 0.15) is 6.04 Å². The normalized spacial score (nSPS) is 12.0. The van der Waals surface area contributed by atoms with Crippen LogP contribution in [0.5, 0.6) is 17.2 Å². The fourth-order valence-corrected chi connectivity index (χ4v) is 2.60. The van der Waals surface area contributed by atoms with Crippen LogP contribution in [0.15, 0.2) is 16.5 Å². The van der Waals surface area contributed by atoms with Crippen molar-refractivity contribution in [3.05, 3.63) is 29.5 Å². The van der Waals surface area contributed by atoms with Gasteiger partial charge in [-0.25, -0.2) is 0 Å². The summed E-state index contributed by atoms with van der Waals surface area (Å²) in [6.45, 7) is 5.83. The van der Waals surface area contributed by atoms with Crippen molar-refractivity contribution in [3.8, 4) is 17.2 Å². The Kier molecular flexibility index (Phi) is 6.43. The number of nitrogens with one attached hydrogen (secondary N) is 1. The zero-order valence-electron chi connectivity index (χ0n) is 16.0. The topological polar surface area (TPSA) is 95.7 Å². The lowest BCUT2D eigenvalue weighted by Crippen LogP contribution is -2.30. The van der Waals surface area contributed by atoms with Gasteiger partial charge in [-0.3, -0.25) is 4.79 Å². The molecule has 1 atom stereocenters. The van der Waals surface area contributed by atoms with E-state index in [0.717, 1.165) is 0 Å². The van der Waals surface area contributed by atoms with Crippen molar-refractivity contribution < 1.29 is 23.4 Å². The van der Waals surface area contributed by atoms with Crippen molar-refractivity contribution in [1.82, 2.24) is 15.5 Å². The van der Waals surface area contributed by atoms with Crippen molar-refractivity contribution in [1.29, 1.82) is 0 Å². The van der Waals surface area contributed by atoms with Gasteiger partial charge in [-0.1, -0.05) is 13.8 Å². The Bertz CT molecular complexity index is 732. The second-order valence-electron chi connectivity index (χ2n) is 6.23. The summed E-state index contributed by atoms with van der Waals surface area (Å²) in [5, 5.41) is 10.8. The maximum atomic E-state index is 12.8. The third kappa shape index (κ3) is 4.44. The molecule has 0 bridgehead atoms. The number of benzene rings is 1. The smallest absolute Gasteiger partial charge is 0.252 e. The molecule has 8 nitrogen and oxygen atoms in total. The first-order valence-corrected chi connectivity index (χ1v) is 8.30. The van der Waals surface area contributed by atoms with Crippen LogP contribution >= 0.6 is 0 Å². The lowest BCUT2D eigenvalue weighted by molar-refractivity contribution is 0.0923. The Morgan fingerprint density at radius 3 is 2.15 bits per heavy atom. The van der Waals surface area contributed by atoms with Crippen LogP contribution < -0.4 is 19.5 Å². The van der Waals surface area contributed by atoms with Gasteiger partial charge in [0, 0.05) is 12.5 Å². The molecule has 0 aliphatic rings. The Hall–Kier alpha value is -2.77. The van der Waals surface area contributed by atoms with Crippen LogP contribution in [0, 0.1) is 12.8 Å². The summed E-state index contributed by atoms with van der Waals surface area (Å²) in [5.41, 5.74) is 0.379. The van der Waals surface area contributed by atoms with E-state index in [4.69, 9.17) is 18.6 Å². The average molecular weight is 363 g/mol. The summed E-state index contributed by atoms with van der Waals surface area (Å²) >= 11 is 0. The number of ether oxygens (including phenoxy) is 3. The van der Waals surface area contributed by atoms with Crippen LogP contribution in [-0.4, -0.2) is 37.4 Å². The predicted octanol–water partition coefficient (Wildman–Crippen LogP) is 2.92. The van der Waals surface area contributed by atoms with E-state index in [9.17, 15) is 4.79 Å². The summed E-state index contributed by atoms with van der Waals surface area (Å²) < 4.78 is 21.4. The largest absolute Gasteiger partial charge is 0.493 e. The minimum atomic E-state index is -0.386. The Labute approximate surface area is 152 Å². The maximum Gasteiger partial charge on any atom is 0.252 e. The number of rotatable bonds is 8. The fraction of sp³-hybridized carbons (Fsp3) is 0.500. The first kappa shape index (κ1) is 19.6. The standard InChI is InChI=1S/C18H25N3O5/c1-10(2)7-13(18-21-20-11(3)26-18)19-17(22)12-8-14(23-4)16(25-6)15(9-12)24-5/h8-10,13H,7H2,1-6H3,(H,19,22). The second kappa shape index (κ2) is 8.55. The molecule has 0 saturated heterocycles. The summed E-state index contributed by atoms with van der Waals surface area (Å²) in [6, 6.07) is 2.81. The molecule has 1 aromatic heterocycles. The van der Waals surface area contributed by atoms with Gasteiger partial charge in [0.05, 0.1) is 21.3 Å². The number of hydrogen-bond acceptors (Lipinski definition) is 7. The zero-order valence-corrected chi connectivity index (χ0v) is 16.0. The van der Waals surface area contributed by atoms with Crippen LogP contribution in [0.25, 0.3) is 0 Å². The molecule has 1 heterocycles. The molecule has 0 radical (unpaired) electrons. The summed E-state index contributed by atoms with van der Waals surface area (Å²) in [6.07, 6.45) is 0.664. The van der Waals surface area contributed by atoms with Crippen molar-refractivity contribution in [2.75, 3.05) is 21.3 Å². The highest BCUT2D eigenvalue weighted by molar-refractivity contribution is 5.95. The molecule has 2 aromatic rings. The van der Waals surface area contributed by atoms with Crippen LogP contribution in [0.1, 0.15) is 48.4 Å². The third-order valence-electron chi connectivity index (χ3n) is 3.78. The highest BCUT2D eigenvalue weighted by Gasteiger charge is 2.24. The molecular weight excluding hydrogens is 338 g/mol. The average Bonchev–Trinajstić information content (AvgIpc) is 3.05. The number of carbonyl (C=O) groups excluding carboxylic acids is 1. The molecule has 26 heavy (non-hydrogen) atoms. The molecule has 0 saturated carbocycles. The lowest BCUT2D eigenvalue weighted by Gasteiger charge is -2.18. The monoisotopic (exact) mass is 363 g/mol. The van der Waals surface area contributed by atoms with E-state index in [1.54, 1.807) is 19.1 Å². The molecule has 0 aliphatic carbocycles. The number of hydrogen-bond donors (Lipinski definition) is 1. The van der Waals surface area contributed by atoms with Gasteiger partial charge in [-0.2, -0.15) is 0 Å². The number of carbonyl (C=O) groups is 1. The quantitative estimate of drug-likeness (QED) is 0.770. The molecule has 0 fully saturated rings. The zero-order chi connectivity index (χ0) is 19.3. The van der Waals surface area contributed by atoms with E-state index in [2.05, 4.69) is 29.4 Å². The summed E-state index contributed by atoms with van der Waals surface area (Å²) in [7, 11) is 4.51. The molecule has 142 valence electrons. The Morgan fingerprint density at radius 1 is 1.12 bits per heavy atom. The highest BCUT2D eigenvalue weighted by atomic mass is 16.5. The van der Waals surface area contributed by atoms with Crippen LogP contribution in [0.4, 0.5) is 0 Å². The number of nitrogens with zero attached hydrogens (tertiary/aromatic N) is 2. The van der Waals surface area contributed by atoms with E-state index in [-0.39, 0.29) is 11.9 Å². The van der Waals surface area contributed by atoms with Crippen molar-refractivity contribution >= 4 is 5.91 Å². The van der Waals surface area contributed by atoms with Crippen LogP contribution in [-0.2, 0) is 0 Å². The van der Waals surface area contributed by atoms with Gasteiger partial charge in [-0.15, -0.1) is 10.2 Å². The molecular formula is C18H25N3O5. The number of amides is 1. The van der Waals surface area contributed by atoms with Gasteiger partial charge < -0.3 is 23.9 Å². The van der Waals surface area contributed by atoms with E-state index in [1.807, 2.05) is 0 Å². The molecule has 1 amide bonds. The minimum absolute atomic E-state index is 0.300. The lowest BCUT2D eigenvalue weighted by atomic mass is 10.0. The Balaban J connectivity index is 2.31. The molecule has 8 heteroatoms. The van der Waals surface area contributed by atoms with Gasteiger partial charge in [0.15, 0.2) is 11.5 Å². The highest BCUT2D eigenvalue weighted by Crippen LogP contribution is 2.38. The first-order valence-electron chi connectivity index (χ1n) is 8.30. The molecule has 1 N–H and O–H groups in total. The SMILES string of the molecule is COc1cc(C(=O)NC(CC(C)C)c2nnc(C)o2)cc(OC)c1OC. The summed E-state index contributed by atoms with van der Waals surface area (Å²) in [4.78, 5) is 12.8. The third-order valence-corrected chi connectivity index (χ3v) is 3.78. The van der Waals surface area contributed by atoms with Crippen molar-refractivity contribution in [2.24, 2.45) is 5.92 Å². The van der Waals surface area contributed by atoms with Gasteiger partial charge in [0.2, 0.25) is 17.5 Å². The number of aromatic nitrogens is 2. The Morgan fingerprint density at radius 2 is 1.73 bits per heavy atom. The molecule has 2 rings (SSSR count). The van der Waals surface area contributed by atoms with E-state index in [0.29, 0.717) is 46.9 Å². The van der Waals surface area contributed by atoms with Gasteiger partial charge in [-0.05, 0) is 24.5 Å². The first-order chi connectivity index (χ1) is 12.4. The van der Waals surface area contributed by atoms with Crippen LogP contribution in [0.2, 0.25) is 0 Å². The van der Waals surface area contributed by atoms with Crippen LogP contribution in [0.3, 0.4) is 0 Å². The molecule has 0 aliphatic heterocycles. The second-order valence-corrected chi connectivity index (χ2v) is 6.23. The minimum Gasteiger partial charge on any atom is -0.493 e. The summed E-state index contributed by atoms with van der Waals surface area (Å²) in [5.74, 6) is 2.11. The number of aryl methyl sites for hydroxylation is 1. The maximum absolute atomic E-state index is 12.8. The molecule has 1 aromatic carbocycles. The van der Waals surface area contributed by atoms with E-state index >= 15 is 0 Å².